The van der Waals surface area contributed by atoms with E-state index in [-0.39, 0.29) is 11.7 Å². The Hall–Kier alpha value is -2.33. The number of nitrogens with zero attached hydrogens (tertiary/aromatic N) is 2. The summed E-state index contributed by atoms with van der Waals surface area (Å²) in [6, 6.07) is 15.4. The van der Waals surface area contributed by atoms with Crippen LogP contribution >= 0.6 is 0 Å². The van der Waals surface area contributed by atoms with Gasteiger partial charge in [-0.3, -0.25) is 9.13 Å². The van der Waals surface area contributed by atoms with E-state index in [2.05, 4.69) is 5.32 Å². The van der Waals surface area contributed by atoms with Crippen molar-refractivity contribution < 1.29 is 4.11 Å². The highest BCUT2D eigenvalue weighted by Crippen LogP contribution is 2.24. The van der Waals surface area contributed by atoms with Crippen molar-refractivity contribution in [3.05, 3.63) is 70.1 Å². The second-order valence-corrected chi connectivity index (χ2v) is 5.80. The molecule has 4 rings (SSSR count). The molecule has 0 radical (unpaired) electrons. The Morgan fingerprint density at radius 2 is 2.09 bits per heavy atom. The SMILES string of the molecule is [2H][13C]([2H])([2H])N[C@@H]1Cc2cccc3c2n(c(=O)n3Cc2ccccc2)C1. The van der Waals surface area contributed by atoms with Gasteiger partial charge in [0.1, 0.15) is 0 Å². The number of rotatable bonds is 3. The molecule has 4 heteroatoms. The molecule has 0 aliphatic carbocycles. The van der Waals surface area contributed by atoms with E-state index in [9.17, 15) is 4.79 Å². The minimum atomic E-state index is -2.22. The van der Waals surface area contributed by atoms with Crippen LogP contribution in [0.25, 0.3) is 11.0 Å². The van der Waals surface area contributed by atoms with Gasteiger partial charge in [0, 0.05) is 16.7 Å². The highest BCUT2D eigenvalue weighted by molar-refractivity contribution is 5.80. The van der Waals surface area contributed by atoms with Gasteiger partial charge in [-0.25, -0.2) is 4.79 Å². The third-order valence-corrected chi connectivity index (χ3v) is 4.38. The molecule has 1 atom stereocenters. The summed E-state index contributed by atoms with van der Waals surface area (Å²) in [6.07, 6.45) is 0.602. The lowest BCUT2D eigenvalue weighted by Gasteiger charge is -2.22. The second kappa shape index (κ2) is 5.14. The van der Waals surface area contributed by atoms with E-state index in [4.69, 9.17) is 4.11 Å². The van der Waals surface area contributed by atoms with Crippen LogP contribution in [0.5, 0.6) is 0 Å². The second-order valence-electron chi connectivity index (χ2n) is 5.80. The predicted molar refractivity (Wildman–Crippen MR) is 88.3 cm³/mol. The van der Waals surface area contributed by atoms with Gasteiger partial charge in [-0.15, -0.1) is 0 Å². The molecule has 2 aromatic carbocycles. The van der Waals surface area contributed by atoms with Crippen molar-refractivity contribution in [2.75, 3.05) is 6.98 Å². The van der Waals surface area contributed by atoms with Crippen LogP contribution in [0, 0.1) is 0 Å². The van der Waals surface area contributed by atoms with Crippen molar-refractivity contribution >= 4 is 11.0 Å². The minimum absolute atomic E-state index is 0.0941. The van der Waals surface area contributed by atoms with Gasteiger partial charge >= 0.3 is 5.69 Å². The molecule has 0 unspecified atom stereocenters. The van der Waals surface area contributed by atoms with E-state index in [0.29, 0.717) is 19.5 Å². The fourth-order valence-corrected chi connectivity index (χ4v) is 3.35. The van der Waals surface area contributed by atoms with Crippen LogP contribution in [-0.2, 0) is 19.5 Å². The molecule has 0 spiro atoms. The molecular formula is C18H19N3O. The van der Waals surface area contributed by atoms with E-state index in [1.165, 1.54) is 0 Å². The van der Waals surface area contributed by atoms with Gasteiger partial charge < -0.3 is 5.32 Å². The number of benzene rings is 2. The third-order valence-electron chi connectivity index (χ3n) is 4.38. The lowest BCUT2D eigenvalue weighted by Crippen LogP contribution is -2.39. The molecule has 0 saturated carbocycles. The largest absolute Gasteiger partial charge is 0.329 e. The Morgan fingerprint density at radius 3 is 2.91 bits per heavy atom. The van der Waals surface area contributed by atoms with Crippen molar-refractivity contribution in [2.45, 2.75) is 25.6 Å². The average molecular weight is 297 g/mol. The molecule has 4 nitrogen and oxygen atoms in total. The summed E-state index contributed by atoms with van der Waals surface area (Å²) in [5.74, 6) is 0. The van der Waals surface area contributed by atoms with E-state index < -0.39 is 6.98 Å². The molecule has 0 fully saturated rings. The summed E-state index contributed by atoms with van der Waals surface area (Å²) in [4.78, 5) is 13.0. The average Bonchev–Trinajstić information content (AvgIpc) is 2.82. The standard InChI is InChI=1S/C18H19N3O/c1-19-15-10-14-8-5-9-16-17(14)21(12-15)18(22)20(16)11-13-6-3-2-4-7-13/h2-9,15,19H,10-12H2,1H3/t15-/m1/s1/i1+1D3. The van der Waals surface area contributed by atoms with Crippen LogP contribution < -0.4 is 11.0 Å². The van der Waals surface area contributed by atoms with Crippen molar-refractivity contribution in [1.82, 2.24) is 14.5 Å². The molecule has 22 heavy (non-hydrogen) atoms. The molecular weight excluding hydrogens is 275 g/mol. The zero-order chi connectivity index (χ0) is 17.6. The Balaban J connectivity index is 1.79. The molecule has 0 amide bonds. The topological polar surface area (TPSA) is 39.0 Å². The third kappa shape index (κ3) is 1.99. The zero-order valence-corrected chi connectivity index (χ0v) is 12.1. The first-order valence-corrected chi connectivity index (χ1v) is 7.45. The maximum atomic E-state index is 13.0. The van der Waals surface area contributed by atoms with Gasteiger partial charge in [0.05, 0.1) is 17.6 Å². The van der Waals surface area contributed by atoms with E-state index >= 15 is 0 Å². The quantitative estimate of drug-likeness (QED) is 0.751. The summed E-state index contributed by atoms with van der Waals surface area (Å²) in [6.45, 7) is -1.34. The van der Waals surface area contributed by atoms with Gasteiger partial charge in [0.15, 0.2) is 0 Å². The van der Waals surface area contributed by atoms with Gasteiger partial charge in [0.2, 0.25) is 0 Å². The molecule has 1 aliphatic heterocycles. The maximum absolute atomic E-state index is 13.0. The van der Waals surface area contributed by atoms with Gasteiger partial charge in [-0.2, -0.15) is 0 Å². The lowest BCUT2D eigenvalue weighted by atomic mass is 10.0. The Morgan fingerprint density at radius 1 is 1.23 bits per heavy atom. The van der Waals surface area contributed by atoms with Crippen LogP contribution in [0.3, 0.4) is 0 Å². The first kappa shape index (κ1) is 10.4. The van der Waals surface area contributed by atoms with Crippen LogP contribution in [0.1, 0.15) is 15.2 Å². The molecule has 1 aromatic heterocycles. The fourth-order valence-electron chi connectivity index (χ4n) is 3.35. The number of nitrogens with one attached hydrogen (secondary N) is 1. The summed E-state index contributed by atoms with van der Waals surface area (Å²) in [5, 5.41) is 2.66. The molecule has 112 valence electrons. The fraction of sp³-hybridized carbons (Fsp3) is 0.278. The smallest absolute Gasteiger partial charge is 0.315 e. The molecule has 0 bridgehead atoms. The monoisotopic (exact) mass is 297 g/mol. The van der Waals surface area contributed by atoms with Crippen LogP contribution in [-0.4, -0.2) is 22.2 Å². The molecule has 1 aliphatic rings. The van der Waals surface area contributed by atoms with Crippen LogP contribution in [0.15, 0.2) is 53.3 Å². The Bertz CT molecular complexity index is 973. The normalized spacial score (nSPS) is 19.6. The number of likely N-dealkylation sites (N-methyl/N-ethyl adjacent to an activating group) is 1. The molecule has 1 N–H and O–H groups in total. The molecule has 3 aromatic rings. The number of aromatic nitrogens is 2. The highest BCUT2D eigenvalue weighted by atomic mass is 16.1. The molecule has 2 heterocycles. The summed E-state index contributed by atoms with van der Waals surface area (Å²) < 4.78 is 25.8. The zero-order valence-electron chi connectivity index (χ0n) is 15.1. The predicted octanol–water partition coefficient (Wildman–Crippen LogP) is 2.00. The number of hydrogen-bond donors (Lipinski definition) is 1. The van der Waals surface area contributed by atoms with Gasteiger partial charge in [-0.1, -0.05) is 42.5 Å². The number of hydrogen-bond acceptors (Lipinski definition) is 2. The minimum Gasteiger partial charge on any atom is -0.315 e. The van der Waals surface area contributed by atoms with Crippen LogP contribution in [0.2, 0.25) is 0 Å². The van der Waals surface area contributed by atoms with E-state index in [1.54, 1.807) is 9.13 Å². The molecule has 0 saturated heterocycles. The summed E-state index contributed by atoms with van der Waals surface area (Å²) in [5.41, 5.74) is 3.80. The van der Waals surface area contributed by atoms with Crippen LogP contribution in [0.4, 0.5) is 0 Å². The lowest BCUT2D eigenvalue weighted by molar-refractivity contribution is 0.458. The summed E-state index contributed by atoms with van der Waals surface area (Å²) >= 11 is 0. The van der Waals surface area contributed by atoms with Gasteiger partial charge in [-0.05, 0) is 30.6 Å². The van der Waals surface area contributed by atoms with Crippen molar-refractivity contribution in [2.24, 2.45) is 0 Å². The Kier molecular flexibility index (Phi) is 2.43. The van der Waals surface area contributed by atoms with Crippen molar-refractivity contribution in [3.8, 4) is 0 Å². The van der Waals surface area contributed by atoms with Gasteiger partial charge in [0.25, 0.3) is 0 Å². The van der Waals surface area contributed by atoms with E-state index in [0.717, 1.165) is 22.2 Å². The summed E-state index contributed by atoms with van der Waals surface area (Å²) in [7, 11) is 0. The maximum Gasteiger partial charge on any atom is 0.329 e. The van der Waals surface area contributed by atoms with Crippen molar-refractivity contribution in [1.29, 1.82) is 0 Å². The highest BCUT2D eigenvalue weighted by Gasteiger charge is 2.24. The number of para-hydroxylation sites is 1. The van der Waals surface area contributed by atoms with E-state index in [1.807, 2.05) is 48.5 Å². The Labute approximate surface area is 133 Å². The first-order valence-electron chi connectivity index (χ1n) is 8.95. The number of imidazole rings is 1. The first-order chi connectivity index (χ1) is 11.9. The van der Waals surface area contributed by atoms with Crippen molar-refractivity contribution in [3.63, 3.8) is 0 Å².